The van der Waals surface area contributed by atoms with Crippen LogP contribution in [0.2, 0.25) is 0 Å². The van der Waals surface area contributed by atoms with Crippen molar-refractivity contribution >= 4 is 0 Å². The third-order valence-corrected chi connectivity index (χ3v) is 4.39. The van der Waals surface area contributed by atoms with Gasteiger partial charge in [0.2, 0.25) is 0 Å². The molecule has 0 spiro atoms. The molecule has 0 heterocycles. The first-order valence-electron chi connectivity index (χ1n) is 7.51. The molecule has 0 amide bonds. The Morgan fingerprint density at radius 2 is 1.32 bits per heavy atom. The molecule has 1 aliphatic carbocycles. The van der Waals surface area contributed by atoms with Gasteiger partial charge in [0, 0.05) is 11.3 Å². The summed E-state index contributed by atoms with van der Waals surface area (Å²) in [6, 6.07) is 14.8. The van der Waals surface area contributed by atoms with Crippen molar-refractivity contribution in [1.82, 2.24) is 0 Å². The molecule has 0 bridgehead atoms. The van der Waals surface area contributed by atoms with Gasteiger partial charge < -0.3 is 10.2 Å². The van der Waals surface area contributed by atoms with Gasteiger partial charge in [-0.15, -0.1) is 0 Å². The summed E-state index contributed by atoms with van der Waals surface area (Å²) in [5.74, 6) is 0.713. The molecule has 2 aromatic rings. The van der Waals surface area contributed by atoms with Crippen molar-refractivity contribution in [2.75, 3.05) is 0 Å². The highest BCUT2D eigenvalue weighted by Gasteiger charge is 2.34. The third kappa shape index (κ3) is 2.77. The zero-order valence-electron chi connectivity index (χ0n) is 12.6. The van der Waals surface area contributed by atoms with Gasteiger partial charge in [-0.25, -0.2) is 0 Å². The molecule has 1 aliphatic rings. The lowest BCUT2D eigenvalue weighted by atomic mass is 9.67. The van der Waals surface area contributed by atoms with Crippen LogP contribution < -0.4 is 0 Å². The lowest BCUT2D eigenvalue weighted by Gasteiger charge is -2.37. The van der Waals surface area contributed by atoms with E-state index in [4.69, 9.17) is 0 Å². The fourth-order valence-corrected chi connectivity index (χ4v) is 3.25. The van der Waals surface area contributed by atoms with Crippen molar-refractivity contribution in [3.05, 3.63) is 84.0 Å². The van der Waals surface area contributed by atoms with Gasteiger partial charge >= 0.3 is 0 Å². The monoisotopic (exact) mass is 292 g/mol. The molecule has 0 radical (unpaired) electrons. The zero-order chi connectivity index (χ0) is 15.6. The van der Waals surface area contributed by atoms with Crippen molar-refractivity contribution in [3.63, 3.8) is 0 Å². The van der Waals surface area contributed by atoms with Crippen molar-refractivity contribution in [2.45, 2.75) is 19.3 Å². The van der Waals surface area contributed by atoms with Crippen molar-refractivity contribution < 1.29 is 10.2 Å². The number of phenols is 2. The lowest BCUT2D eigenvalue weighted by Crippen LogP contribution is -2.25. The predicted octanol–water partition coefficient (Wildman–Crippen LogP) is 4.75. The van der Waals surface area contributed by atoms with Crippen LogP contribution in [0.25, 0.3) is 0 Å². The summed E-state index contributed by atoms with van der Waals surface area (Å²) >= 11 is 0. The molecule has 0 saturated heterocycles. The normalized spacial score (nSPS) is 20.5. The van der Waals surface area contributed by atoms with E-state index in [1.807, 2.05) is 24.3 Å². The average Bonchev–Trinajstić information content (AvgIpc) is 2.52. The molecule has 2 N–H and O–H groups in total. The third-order valence-electron chi connectivity index (χ3n) is 4.39. The van der Waals surface area contributed by atoms with E-state index >= 15 is 0 Å². The Kier molecular flexibility index (Phi) is 3.76. The van der Waals surface area contributed by atoms with Crippen LogP contribution in [0, 0.1) is 5.41 Å². The van der Waals surface area contributed by atoms with Crippen LogP contribution in [-0.4, -0.2) is 10.2 Å². The van der Waals surface area contributed by atoms with Gasteiger partial charge in [0.1, 0.15) is 11.5 Å². The standard InChI is InChI=1S/C20H20O2/c1-20(13-3-2-4-14-20)19(15-5-9-17(21)10-6-15)16-7-11-18(22)12-8-16/h2-13,19,21-22H,14H2,1H3. The highest BCUT2D eigenvalue weighted by Crippen LogP contribution is 2.46. The van der Waals surface area contributed by atoms with Crippen molar-refractivity contribution in [1.29, 1.82) is 0 Å². The summed E-state index contributed by atoms with van der Waals surface area (Å²) in [5, 5.41) is 19.1. The largest absolute Gasteiger partial charge is 0.508 e. The van der Waals surface area contributed by atoms with Crippen molar-refractivity contribution in [2.24, 2.45) is 5.41 Å². The number of hydrogen-bond acceptors (Lipinski definition) is 2. The predicted molar refractivity (Wildman–Crippen MR) is 89.1 cm³/mol. The maximum Gasteiger partial charge on any atom is 0.115 e. The number of allylic oxidation sites excluding steroid dienone is 4. The number of benzene rings is 2. The summed E-state index contributed by atoms with van der Waals surface area (Å²) in [6.45, 7) is 2.25. The highest BCUT2D eigenvalue weighted by molar-refractivity contribution is 5.41. The molecule has 0 saturated carbocycles. The van der Waals surface area contributed by atoms with Crippen LogP contribution in [0.3, 0.4) is 0 Å². The van der Waals surface area contributed by atoms with E-state index in [1.54, 1.807) is 24.3 Å². The molecule has 22 heavy (non-hydrogen) atoms. The number of rotatable bonds is 3. The molecule has 2 aromatic carbocycles. The Hall–Kier alpha value is -2.48. The van der Waals surface area contributed by atoms with Crippen LogP contribution in [0.15, 0.2) is 72.8 Å². The summed E-state index contributed by atoms with van der Waals surface area (Å²) in [5.41, 5.74) is 2.28. The first-order chi connectivity index (χ1) is 10.6. The minimum absolute atomic E-state index is 0.0390. The molecule has 0 aromatic heterocycles. The van der Waals surface area contributed by atoms with Gasteiger partial charge in [-0.1, -0.05) is 55.5 Å². The van der Waals surface area contributed by atoms with E-state index in [-0.39, 0.29) is 22.8 Å². The van der Waals surface area contributed by atoms with Crippen LogP contribution >= 0.6 is 0 Å². The summed E-state index contributed by atoms with van der Waals surface area (Å²) in [4.78, 5) is 0. The van der Waals surface area contributed by atoms with Crippen LogP contribution in [0.1, 0.15) is 30.4 Å². The topological polar surface area (TPSA) is 40.5 Å². The zero-order valence-corrected chi connectivity index (χ0v) is 12.6. The Balaban J connectivity index is 2.09. The number of phenolic OH excluding ortho intramolecular Hbond substituents is 2. The fraction of sp³-hybridized carbons (Fsp3) is 0.200. The summed E-state index contributed by atoms with van der Waals surface area (Å²) in [7, 11) is 0. The molecule has 3 rings (SSSR count). The molecular weight excluding hydrogens is 272 g/mol. The van der Waals surface area contributed by atoms with E-state index in [1.165, 1.54) is 0 Å². The average molecular weight is 292 g/mol. The summed E-state index contributed by atoms with van der Waals surface area (Å²) in [6.07, 6.45) is 9.56. The second-order valence-corrected chi connectivity index (χ2v) is 6.11. The lowest BCUT2D eigenvalue weighted by molar-refractivity contribution is 0.373. The first-order valence-corrected chi connectivity index (χ1v) is 7.51. The van der Waals surface area contributed by atoms with Gasteiger partial charge in [-0.05, 0) is 41.8 Å². The van der Waals surface area contributed by atoms with Gasteiger partial charge in [0.25, 0.3) is 0 Å². The van der Waals surface area contributed by atoms with Gasteiger partial charge in [0.15, 0.2) is 0 Å². The molecule has 0 aliphatic heterocycles. The second kappa shape index (κ2) is 5.72. The van der Waals surface area contributed by atoms with Crippen LogP contribution in [0.5, 0.6) is 11.5 Å². The van der Waals surface area contributed by atoms with E-state index in [0.717, 1.165) is 17.5 Å². The molecule has 0 fully saturated rings. The number of aromatic hydroxyl groups is 2. The Morgan fingerprint density at radius 1 is 0.818 bits per heavy atom. The minimum Gasteiger partial charge on any atom is -0.508 e. The molecule has 2 heteroatoms. The Labute approximate surface area is 131 Å². The first kappa shape index (κ1) is 14.5. The van der Waals surface area contributed by atoms with E-state index < -0.39 is 0 Å². The van der Waals surface area contributed by atoms with E-state index in [9.17, 15) is 10.2 Å². The SMILES string of the molecule is CC1(C(c2ccc(O)cc2)c2ccc(O)cc2)C=CC=CC1. The highest BCUT2D eigenvalue weighted by atomic mass is 16.3. The minimum atomic E-state index is -0.0390. The van der Waals surface area contributed by atoms with Crippen molar-refractivity contribution in [3.8, 4) is 11.5 Å². The van der Waals surface area contributed by atoms with E-state index in [0.29, 0.717) is 0 Å². The molecule has 112 valence electrons. The van der Waals surface area contributed by atoms with Gasteiger partial charge in [-0.2, -0.15) is 0 Å². The van der Waals surface area contributed by atoms with E-state index in [2.05, 4.69) is 31.2 Å². The van der Waals surface area contributed by atoms with Crippen LogP contribution in [-0.2, 0) is 0 Å². The second-order valence-electron chi connectivity index (χ2n) is 6.11. The fourth-order valence-electron chi connectivity index (χ4n) is 3.25. The maximum absolute atomic E-state index is 9.56. The Morgan fingerprint density at radius 3 is 1.73 bits per heavy atom. The maximum atomic E-state index is 9.56. The van der Waals surface area contributed by atoms with Gasteiger partial charge in [0.05, 0.1) is 0 Å². The number of hydrogen-bond donors (Lipinski definition) is 2. The molecule has 2 nitrogen and oxygen atoms in total. The quantitative estimate of drug-likeness (QED) is 0.857. The Bertz CT molecular complexity index is 650. The molecular formula is C20H20O2. The molecule has 1 atom stereocenters. The smallest absolute Gasteiger partial charge is 0.115 e. The van der Waals surface area contributed by atoms with Gasteiger partial charge in [-0.3, -0.25) is 0 Å². The molecule has 1 unspecified atom stereocenters. The van der Waals surface area contributed by atoms with Crippen LogP contribution in [0.4, 0.5) is 0 Å². The summed E-state index contributed by atoms with van der Waals surface area (Å²) < 4.78 is 0.